The highest BCUT2D eigenvalue weighted by atomic mass is 79.9. The van der Waals surface area contributed by atoms with Gasteiger partial charge in [-0.25, -0.2) is 0 Å². The van der Waals surface area contributed by atoms with Gasteiger partial charge in [0.05, 0.1) is 12.6 Å². The molecule has 1 aliphatic heterocycles. The fourth-order valence-electron chi connectivity index (χ4n) is 2.22. The Balaban J connectivity index is 1.84. The zero-order valence-corrected chi connectivity index (χ0v) is 12.7. The van der Waals surface area contributed by atoms with Crippen molar-refractivity contribution in [3.8, 4) is 0 Å². The van der Waals surface area contributed by atoms with Crippen molar-refractivity contribution in [3.05, 3.63) is 34.3 Å². The second-order valence-electron chi connectivity index (χ2n) is 4.87. The van der Waals surface area contributed by atoms with E-state index in [1.54, 1.807) is 0 Å². The molecule has 0 spiro atoms. The van der Waals surface area contributed by atoms with Crippen LogP contribution in [0, 0.1) is 0 Å². The quantitative estimate of drug-likeness (QED) is 0.882. The molecule has 4 nitrogen and oxygen atoms in total. The first-order valence-corrected chi connectivity index (χ1v) is 7.42. The zero-order valence-electron chi connectivity index (χ0n) is 11.2. The van der Waals surface area contributed by atoms with Crippen molar-refractivity contribution in [2.45, 2.75) is 13.0 Å². The summed E-state index contributed by atoms with van der Waals surface area (Å²) in [6, 6.07) is 8.07. The highest BCUT2D eigenvalue weighted by molar-refractivity contribution is 9.10. The Morgan fingerprint density at radius 3 is 2.89 bits per heavy atom. The monoisotopic (exact) mass is 325 g/mol. The van der Waals surface area contributed by atoms with E-state index in [2.05, 4.69) is 31.5 Å². The molecular weight excluding hydrogens is 306 g/mol. The molecule has 1 amide bonds. The van der Waals surface area contributed by atoms with Crippen LogP contribution in [-0.4, -0.2) is 43.5 Å². The molecule has 0 aliphatic carbocycles. The number of rotatable bonds is 4. The van der Waals surface area contributed by atoms with Crippen LogP contribution in [0.25, 0.3) is 0 Å². The largest absolute Gasteiger partial charge is 0.348 e. The van der Waals surface area contributed by atoms with E-state index >= 15 is 0 Å². The molecule has 19 heavy (non-hydrogen) atoms. The summed E-state index contributed by atoms with van der Waals surface area (Å²) in [5.74, 6) is 0.0920. The van der Waals surface area contributed by atoms with E-state index in [-0.39, 0.29) is 11.9 Å². The van der Waals surface area contributed by atoms with Crippen LogP contribution in [0.15, 0.2) is 28.7 Å². The molecule has 1 aromatic carbocycles. The maximum absolute atomic E-state index is 12.0. The van der Waals surface area contributed by atoms with E-state index in [0.29, 0.717) is 6.54 Å². The van der Waals surface area contributed by atoms with Crippen molar-refractivity contribution in [1.82, 2.24) is 15.5 Å². The van der Waals surface area contributed by atoms with Gasteiger partial charge >= 0.3 is 0 Å². The fourth-order valence-corrected chi connectivity index (χ4v) is 2.64. The average molecular weight is 326 g/mol. The summed E-state index contributed by atoms with van der Waals surface area (Å²) in [6.07, 6.45) is 0. The molecule has 1 unspecified atom stereocenters. The maximum atomic E-state index is 12.0. The van der Waals surface area contributed by atoms with E-state index in [1.807, 2.05) is 31.2 Å². The Hall–Kier alpha value is -0.910. The minimum atomic E-state index is 0.0351. The molecule has 5 heteroatoms. The zero-order chi connectivity index (χ0) is 13.7. The molecule has 1 atom stereocenters. The van der Waals surface area contributed by atoms with Gasteiger partial charge in [0, 0.05) is 30.7 Å². The van der Waals surface area contributed by atoms with Crippen molar-refractivity contribution in [2.24, 2.45) is 0 Å². The van der Waals surface area contributed by atoms with Gasteiger partial charge in [0.1, 0.15) is 0 Å². The summed E-state index contributed by atoms with van der Waals surface area (Å²) < 4.78 is 1.04. The van der Waals surface area contributed by atoms with E-state index < -0.39 is 0 Å². The summed E-state index contributed by atoms with van der Waals surface area (Å²) in [4.78, 5) is 14.2. The average Bonchev–Trinajstić information content (AvgIpc) is 2.39. The third kappa shape index (κ3) is 4.60. The molecule has 2 N–H and O–H groups in total. The van der Waals surface area contributed by atoms with E-state index in [9.17, 15) is 4.79 Å². The lowest BCUT2D eigenvalue weighted by molar-refractivity contribution is -0.123. The van der Waals surface area contributed by atoms with Gasteiger partial charge in [-0.3, -0.25) is 9.69 Å². The van der Waals surface area contributed by atoms with Gasteiger partial charge in [-0.2, -0.15) is 0 Å². The first kappa shape index (κ1) is 14.5. The normalized spacial score (nSPS) is 18.0. The lowest BCUT2D eigenvalue weighted by Crippen LogP contribution is -2.47. The summed E-state index contributed by atoms with van der Waals surface area (Å²) >= 11 is 3.45. The first-order chi connectivity index (χ1) is 9.15. The third-order valence-electron chi connectivity index (χ3n) is 3.30. The van der Waals surface area contributed by atoms with Crippen LogP contribution in [0.5, 0.6) is 0 Å². The van der Waals surface area contributed by atoms with Gasteiger partial charge in [0.15, 0.2) is 0 Å². The van der Waals surface area contributed by atoms with Gasteiger partial charge in [-0.1, -0.05) is 28.1 Å². The lowest BCUT2D eigenvalue weighted by atomic mass is 10.1. The molecule has 104 valence electrons. The number of piperazine rings is 1. The molecule has 1 fully saturated rings. The summed E-state index contributed by atoms with van der Waals surface area (Å²) in [5.41, 5.74) is 1.11. The predicted molar refractivity (Wildman–Crippen MR) is 80.0 cm³/mol. The number of carbonyl (C=O) groups is 1. The third-order valence-corrected chi connectivity index (χ3v) is 3.80. The van der Waals surface area contributed by atoms with Crippen molar-refractivity contribution in [3.63, 3.8) is 0 Å². The molecule has 1 saturated heterocycles. The predicted octanol–water partition coefficient (Wildman–Crippen LogP) is 1.53. The Kier molecular flexibility index (Phi) is 5.36. The van der Waals surface area contributed by atoms with Crippen LogP contribution in [0.1, 0.15) is 18.5 Å². The summed E-state index contributed by atoms with van der Waals surface area (Å²) in [6.45, 7) is 6.32. The Morgan fingerprint density at radius 1 is 1.47 bits per heavy atom. The fraction of sp³-hybridized carbons (Fsp3) is 0.500. The van der Waals surface area contributed by atoms with Crippen molar-refractivity contribution >= 4 is 21.8 Å². The van der Waals surface area contributed by atoms with Crippen molar-refractivity contribution < 1.29 is 4.79 Å². The molecule has 2 rings (SSSR count). The first-order valence-electron chi connectivity index (χ1n) is 6.63. The molecule has 1 aliphatic rings. The Bertz CT molecular complexity index is 432. The Labute approximate surface area is 122 Å². The van der Waals surface area contributed by atoms with Crippen LogP contribution >= 0.6 is 15.9 Å². The van der Waals surface area contributed by atoms with Gasteiger partial charge < -0.3 is 10.6 Å². The Morgan fingerprint density at radius 2 is 2.21 bits per heavy atom. The second-order valence-corrected chi connectivity index (χ2v) is 5.79. The molecule has 0 radical (unpaired) electrons. The van der Waals surface area contributed by atoms with E-state index in [1.165, 1.54) is 0 Å². The molecule has 1 heterocycles. The van der Waals surface area contributed by atoms with Gasteiger partial charge in [-0.05, 0) is 24.6 Å². The number of hydrogen-bond acceptors (Lipinski definition) is 3. The van der Waals surface area contributed by atoms with Crippen molar-refractivity contribution in [1.29, 1.82) is 0 Å². The molecular formula is C14H20BrN3O. The summed E-state index contributed by atoms with van der Waals surface area (Å²) in [5, 5.41) is 6.33. The topological polar surface area (TPSA) is 44.4 Å². The molecule has 0 saturated carbocycles. The minimum Gasteiger partial charge on any atom is -0.348 e. The van der Waals surface area contributed by atoms with Crippen LogP contribution < -0.4 is 10.6 Å². The molecule has 0 bridgehead atoms. The maximum Gasteiger partial charge on any atom is 0.234 e. The standard InChI is InChI=1S/C14H20BrN3O/c1-11(12-3-2-4-13(15)9-12)17-14(19)10-18-7-5-16-6-8-18/h2-4,9,11,16H,5-8,10H2,1H3,(H,17,19). The molecule has 1 aromatic rings. The SMILES string of the molecule is CC(NC(=O)CN1CCNCC1)c1cccc(Br)c1. The van der Waals surface area contributed by atoms with E-state index in [0.717, 1.165) is 36.2 Å². The second kappa shape index (κ2) is 7.03. The number of halogens is 1. The highest BCUT2D eigenvalue weighted by Gasteiger charge is 2.15. The number of benzene rings is 1. The lowest BCUT2D eigenvalue weighted by Gasteiger charge is -2.27. The van der Waals surface area contributed by atoms with Gasteiger partial charge in [0.2, 0.25) is 5.91 Å². The number of hydrogen-bond donors (Lipinski definition) is 2. The van der Waals surface area contributed by atoms with Crippen molar-refractivity contribution in [2.75, 3.05) is 32.7 Å². The number of nitrogens with zero attached hydrogens (tertiary/aromatic N) is 1. The van der Waals surface area contributed by atoms with Crippen LogP contribution in [0.2, 0.25) is 0 Å². The number of amides is 1. The smallest absolute Gasteiger partial charge is 0.234 e. The molecule has 0 aromatic heterocycles. The number of nitrogens with one attached hydrogen (secondary N) is 2. The van der Waals surface area contributed by atoms with E-state index in [4.69, 9.17) is 0 Å². The number of carbonyl (C=O) groups excluding carboxylic acids is 1. The minimum absolute atomic E-state index is 0.0351. The van der Waals surface area contributed by atoms with Crippen LogP contribution in [0.4, 0.5) is 0 Å². The van der Waals surface area contributed by atoms with Crippen LogP contribution in [-0.2, 0) is 4.79 Å². The van der Waals surface area contributed by atoms with Crippen LogP contribution in [0.3, 0.4) is 0 Å². The highest BCUT2D eigenvalue weighted by Crippen LogP contribution is 2.17. The summed E-state index contributed by atoms with van der Waals surface area (Å²) in [7, 11) is 0. The van der Waals surface area contributed by atoms with Gasteiger partial charge in [-0.15, -0.1) is 0 Å². The van der Waals surface area contributed by atoms with Gasteiger partial charge in [0.25, 0.3) is 0 Å².